The topological polar surface area (TPSA) is 54.0 Å². The molecule has 0 saturated carbocycles. The molecule has 0 saturated heterocycles. The van der Waals surface area contributed by atoms with Crippen LogP contribution in [0.4, 0.5) is 11.4 Å². The highest BCUT2D eigenvalue weighted by molar-refractivity contribution is 6.29. The molecule has 1 aromatic carbocycles. The summed E-state index contributed by atoms with van der Waals surface area (Å²) in [4.78, 5) is 15.1. The molecule has 0 radical (unpaired) electrons. The van der Waals surface area contributed by atoms with Gasteiger partial charge in [-0.25, -0.2) is 4.98 Å². The highest BCUT2D eigenvalue weighted by atomic mass is 35.5. The van der Waals surface area contributed by atoms with E-state index in [-0.39, 0.29) is 5.91 Å². The van der Waals surface area contributed by atoms with Crippen LogP contribution in [-0.4, -0.2) is 10.9 Å². The highest BCUT2D eigenvalue weighted by Crippen LogP contribution is 2.17. The quantitative estimate of drug-likeness (QED) is 0.845. The molecule has 0 aliphatic carbocycles. The number of halogens is 1. The van der Waals surface area contributed by atoms with E-state index in [0.29, 0.717) is 11.7 Å². The lowest BCUT2D eigenvalue weighted by Crippen LogP contribution is -2.06. The molecule has 2 aromatic rings. The number of anilines is 2. The Morgan fingerprint density at radius 3 is 2.50 bits per heavy atom. The summed E-state index contributed by atoms with van der Waals surface area (Å²) >= 11 is 5.82. The van der Waals surface area contributed by atoms with Crippen LogP contribution in [0.25, 0.3) is 0 Å². The Morgan fingerprint density at radius 2 is 1.90 bits per heavy atom. The molecule has 20 heavy (non-hydrogen) atoms. The molecule has 0 fully saturated rings. The van der Waals surface area contributed by atoms with Gasteiger partial charge in [-0.2, -0.15) is 0 Å². The van der Waals surface area contributed by atoms with Crippen LogP contribution in [0, 0.1) is 6.92 Å². The van der Waals surface area contributed by atoms with Gasteiger partial charge in [-0.15, -0.1) is 0 Å². The zero-order chi connectivity index (χ0) is 14.5. The predicted octanol–water partition coefficient (Wildman–Crippen LogP) is 3.61. The van der Waals surface area contributed by atoms with Crippen molar-refractivity contribution in [2.24, 2.45) is 0 Å². The van der Waals surface area contributed by atoms with E-state index in [1.165, 1.54) is 6.92 Å². The first-order valence-corrected chi connectivity index (χ1v) is 6.66. The minimum absolute atomic E-state index is 0.0706. The van der Waals surface area contributed by atoms with Crippen molar-refractivity contribution in [3.8, 4) is 0 Å². The smallest absolute Gasteiger partial charge is 0.221 e. The van der Waals surface area contributed by atoms with Gasteiger partial charge in [0, 0.05) is 19.2 Å². The molecule has 0 bridgehead atoms. The minimum Gasteiger partial charge on any atom is -0.380 e. The lowest BCUT2D eigenvalue weighted by molar-refractivity contribution is -0.114. The first-order valence-electron chi connectivity index (χ1n) is 6.28. The zero-order valence-electron chi connectivity index (χ0n) is 11.4. The van der Waals surface area contributed by atoms with Crippen molar-refractivity contribution in [3.63, 3.8) is 0 Å². The molecule has 0 aliphatic heterocycles. The lowest BCUT2D eigenvalue weighted by atomic mass is 10.2. The molecule has 0 unspecified atom stereocenters. The summed E-state index contributed by atoms with van der Waals surface area (Å²) in [5.74, 6) is -0.0706. The van der Waals surface area contributed by atoms with Crippen LogP contribution >= 0.6 is 11.6 Å². The summed E-state index contributed by atoms with van der Waals surface area (Å²) in [7, 11) is 0. The molecule has 0 aliphatic rings. The maximum absolute atomic E-state index is 10.9. The minimum atomic E-state index is -0.0706. The standard InChI is InChI=1S/C15H16ClN3O/c1-10-14(7-8-15(16)18-10)17-9-12-3-5-13(6-4-12)19-11(2)20/h3-8,17H,9H2,1-2H3,(H,19,20). The number of aryl methyl sites for hydroxylation is 1. The van der Waals surface area contributed by atoms with Gasteiger partial charge in [0.05, 0.1) is 11.4 Å². The number of amides is 1. The number of benzene rings is 1. The number of hydrogen-bond donors (Lipinski definition) is 2. The third-order valence-electron chi connectivity index (χ3n) is 2.81. The second-order valence-corrected chi connectivity index (χ2v) is 4.89. The molecule has 5 heteroatoms. The second-order valence-electron chi connectivity index (χ2n) is 4.50. The van der Waals surface area contributed by atoms with E-state index in [9.17, 15) is 4.79 Å². The Hall–Kier alpha value is -2.07. The number of nitrogens with zero attached hydrogens (tertiary/aromatic N) is 1. The highest BCUT2D eigenvalue weighted by Gasteiger charge is 2.01. The first-order chi connectivity index (χ1) is 9.54. The third-order valence-corrected chi connectivity index (χ3v) is 3.02. The zero-order valence-corrected chi connectivity index (χ0v) is 12.2. The lowest BCUT2D eigenvalue weighted by Gasteiger charge is -2.10. The van der Waals surface area contributed by atoms with E-state index in [0.717, 1.165) is 22.6 Å². The molecule has 104 valence electrons. The van der Waals surface area contributed by atoms with Gasteiger partial charge in [-0.1, -0.05) is 23.7 Å². The summed E-state index contributed by atoms with van der Waals surface area (Å²) in [6.07, 6.45) is 0. The maximum Gasteiger partial charge on any atom is 0.221 e. The Labute approximate surface area is 123 Å². The summed E-state index contributed by atoms with van der Waals surface area (Å²) < 4.78 is 0. The number of rotatable bonds is 4. The molecule has 0 atom stereocenters. The van der Waals surface area contributed by atoms with Gasteiger partial charge in [-0.05, 0) is 36.8 Å². The molecule has 4 nitrogen and oxygen atoms in total. The van der Waals surface area contributed by atoms with Crippen LogP contribution in [-0.2, 0) is 11.3 Å². The number of aromatic nitrogens is 1. The van der Waals surface area contributed by atoms with Crippen molar-refractivity contribution < 1.29 is 4.79 Å². The van der Waals surface area contributed by atoms with Gasteiger partial charge < -0.3 is 10.6 Å². The normalized spacial score (nSPS) is 10.2. The summed E-state index contributed by atoms with van der Waals surface area (Å²) in [6, 6.07) is 11.4. The van der Waals surface area contributed by atoms with Crippen molar-refractivity contribution in [1.82, 2.24) is 4.98 Å². The van der Waals surface area contributed by atoms with Gasteiger partial charge in [0.1, 0.15) is 5.15 Å². The third kappa shape index (κ3) is 3.96. The van der Waals surface area contributed by atoms with Crippen molar-refractivity contribution in [2.45, 2.75) is 20.4 Å². The largest absolute Gasteiger partial charge is 0.380 e. The molecule has 1 aromatic heterocycles. The van der Waals surface area contributed by atoms with Crippen LogP contribution in [0.2, 0.25) is 5.15 Å². The van der Waals surface area contributed by atoms with Crippen molar-refractivity contribution >= 4 is 28.9 Å². The van der Waals surface area contributed by atoms with E-state index in [1.54, 1.807) is 6.07 Å². The number of nitrogens with one attached hydrogen (secondary N) is 2. The van der Waals surface area contributed by atoms with E-state index in [4.69, 9.17) is 11.6 Å². The van der Waals surface area contributed by atoms with Crippen LogP contribution in [0.3, 0.4) is 0 Å². The number of pyridine rings is 1. The fraction of sp³-hybridized carbons (Fsp3) is 0.200. The Bertz CT molecular complexity index is 611. The monoisotopic (exact) mass is 289 g/mol. The second kappa shape index (κ2) is 6.39. The Morgan fingerprint density at radius 1 is 1.20 bits per heavy atom. The van der Waals surface area contributed by atoms with Crippen molar-refractivity contribution in [1.29, 1.82) is 0 Å². The average molecular weight is 290 g/mol. The van der Waals surface area contributed by atoms with Gasteiger partial charge in [0.25, 0.3) is 0 Å². The maximum atomic E-state index is 10.9. The van der Waals surface area contributed by atoms with Gasteiger partial charge in [0.15, 0.2) is 0 Å². The summed E-state index contributed by atoms with van der Waals surface area (Å²) in [5, 5.41) is 6.54. The van der Waals surface area contributed by atoms with E-state index in [1.807, 2.05) is 37.3 Å². The Balaban J connectivity index is 1.98. The molecule has 1 amide bonds. The Kier molecular flexibility index (Phi) is 4.58. The summed E-state index contributed by atoms with van der Waals surface area (Å²) in [6.45, 7) is 4.09. The van der Waals surface area contributed by atoms with E-state index in [2.05, 4.69) is 15.6 Å². The van der Waals surface area contributed by atoms with Gasteiger partial charge in [0.2, 0.25) is 5.91 Å². The predicted molar refractivity (Wildman–Crippen MR) is 82.1 cm³/mol. The van der Waals surface area contributed by atoms with Gasteiger partial charge in [-0.3, -0.25) is 4.79 Å². The molecule has 1 heterocycles. The van der Waals surface area contributed by atoms with E-state index < -0.39 is 0 Å². The summed E-state index contributed by atoms with van der Waals surface area (Å²) in [5.41, 5.74) is 3.74. The SMILES string of the molecule is CC(=O)Nc1ccc(CNc2ccc(Cl)nc2C)cc1. The molecular formula is C15H16ClN3O. The molecule has 2 rings (SSSR count). The van der Waals surface area contributed by atoms with Crippen molar-refractivity contribution in [3.05, 3.63) is 52.8 Å². The molecule has 0 spiro atoms. The fourth-order valence-corrected chi connectivity index (χ4v) is 2.01. The molecular weight excluding hydrogens is 274 g/mol. The molecule has 2 N–H and O–H groups in total. The number of carbonyl (C=O) groups excluding carboxylic acids is 1. The van der Waals surface area contributed by atoms with Gasteiger partial charge >= 0.3 is 0 Å². The van der Waals surface area contributed by atoms with E-state index >= 15 is 0 Å². The fourth-order valence-electron chi connectivity index (χ4n) is 1.82. The van der Waals surface area contributed by atoms with Crippen LogP contribution in [0.15, 0.2) is 36.4 Å². The van der Waals surface area contributed by atoms with Crippen LogP contribution in [0.5, 0.6) is 0 Å². The average Bonchev–Trinajstić information content (AvgIpc) is 2.39. The van der Waals surface area contributed by atoms with Crippen molar-refractivity contribution in [2.75, 3.05) is 10.6 Å². The van der Waals surface area contributed by atoms with Crippen LogP contribution in [0.1, 0.15) is 18.2 Å². The van der Waals surface area contributed by atoms with Crippen LogP contribution < -0.4 is 10.6 Å². The number of hydrogen-bond acceptors (Lipinski definition) is 3. The first kappa shape index (κ1) is 14.3. The number of carbonyl (C=O) groups is 1.